The van der Waals surface area contributed by atoms with Crippen LogP contribution in [0.1, 0.15) is 49.7 Å². The van der Waals surface area contributed by atoms with Gasteiger partial charge in [0.2, 0.25) is 0 Å². The highest BCUT2D eigenvalue weighted by Crippen LogP contribution is 2.24. The molecule has 5 heteroatoms. The largest absolute Gasteiger partial charge is 0.350 e. The van der Waals surface area contributed by atoms with Crippen molar-refractivity contribution in [3.8, 4) is 5.69 Å². The van der Waals surface area contributed by atoms with Crippen molar-refractivity contribution in [3.05, 3.63) is 46.7 Å². The van der Waals surface area contributed by atoms with E-state index in [-0.39, 0.29) is 17.9 Å². The molecule has 1 N–H and O–H groups in total. The van der Waals surface area contributed by atoms with E-state index in [1.807, 2.05) is 52.0 Å². The average Bonchev–Trinajstić information content (AvgIpc) is 2.82. The molecule has 0 unspecified atom stereocenters. The molecule has 4 nitrogen and oxygen atoms in total. The highest BCUT2D eigenvalue weighted by molar-refractivity contribution is 6.30. The third-order valence-corrected chi connectivity index (χ3v) is 3.31. The van der Waals surface area contributed by atoms with Crippen LogP contribution in [-0.2, 0) is 0 Å². The zero-order chi connectivity index (χ0) is 15.6. The summed E-state index contributed by atoms with van der Waals surface area (Å²) in [7, 11) is 0. The Morgan fingerprint density at radius 1 is 1.29 bits per heavy atom. The van der Waals surface area contributed by atoms with Crippen molar-refractivity contribution in [2.24, 2.45) is 0 Å². The van der Waals surface area contributed by atoms with Gasteiger partial charge in [-0.15, -0.1) is 0 Å². The highest BCUT2D eigenvalue weighted by atomic mass is 35.5. The van der Waals surface area contributed by atoms with Gasteiger partial charge in [-0.05, 0) is 38.0 Å². The highest BCUT2D eigenvalue weighted by Gasteiger charge is 2.21. The van der Waals surface area contributed by atoms with Gasteiger partial charge in [0.1, 0.15) is 0 Å². The molecular weight excluding hydrogens is 286 g/mol. The molecule has 0 aliphatic carbocycles. The Balaban J connectivity index is 2.49. The van der Waals surface area contributed by atoms with E-state index in [0.717, 1.165) is 11.4 Å². The van der Waals surface area contributed by atoms with E-state index in [9.17, 15) is 4.79 Å². The van der Waals surface area contributed by atoms with Crippen molar-refractivity contribution in [2.45, 2.75) is 39.7 Å². The molecule has 0 spiro atoms. The maximum atomic E-state index is 12.3. The monoisotopic (exact) mass is 305 g/mol. The molecule has 0 saturated carbocycles. The van der Waals surface area contributed by atoms with Gasteiger partial charge in [-0.2, -0.15) is 5.10 Å². The lowest BCUT2D eigenvalue weighted by atomic mass is 10.0. The molecule has 0 fully saturated rings. The lowest BCUT2D eigenvalue weighted by Crippen LogP contribution is -2.30. The summed E-state index contributed by atoms with van der Waals surface area (Å²) in [4.78, 5) is 12.3. The molecule has 112 valence electrons. The van der Waals surface area contributed by atoms with Crippen molar-refractivity contribution in [2.75, 3.05) is 0 Å². The molecular formula is C16H20ClN3O. The summed E-state index contributed by atoms with van der Waals surface area (Å²) in [5.41, 5.74) is 2.35. The normalized spacial score (nSPS) is 11.2. The van der Waals surface area contributed by atoms with E-state index >= 15 is 0 Å². The number of hydrogen-bond donors (Lipinski definition) is 1. The number of amides is 1. The third kappa shape index (κ3) is 3.45. The van der Waals surface area contributed by atoms with Crippen molar-refractivity contribution < 1.29 is 4.79 Å². The van der Waals surface area contributed by atoms with Crippen LogP contribution < -0.4 is 5.32 Å². The fourth-order valence-corrected chi connectivity index (χ4v) is 2.43. The zero-order valence-corrected chi connectivity index (χ0v) is 13.5. The quantitative estimate of drug-likeness (QED) is 0.934. The van der Waals surface area contributed by atoms with Gasteiger partial charge in [0.05, 0.1) is 23.1 Å². The van der Waals surface area contributed by atoms with Gasteiger partial charge in [0, 0.05) is 11.1 Å². The van der Waals surface area contributed by atoms with Crippen LogP contribution in [-0.4, -0.2) is 21.7 Å². The summed E-state index contributed by atoms with van der Waals surface area (Å²) in [6.45, 7) is 7.97. The molecule has 0 saturated heterocycles. The van der Waals surface area contributed by atoms with Crippen LogP contribution in [0.15, 0.2) is 30.5 Å². The molecule has 0 aliphatic heterocycles. The van der Waals surface area contributed by atoms with Crippen LogP contribution in [0.4, 0.5) is 0 Å². The standard InChI is InChI=1S/C16H20ClN3O/c1-10(2)15-14(16(21)19-11(3)4)9-18-20(15)13-7-5-6-12(17)8-13/h5-11H,1-4H3,(H,19,21). The van der Waals surface area contributed by atoms with Gasteiger partial charge in [0.15, 0.2) is 0 Å². The Morgan fingerprint density at radius 3 is 2.57 bits per heavy atom. The van der Waals surface area contributed by atoms with E-state index < -0.39 is 0 Å². The van der Waals surface area contributed by atoms with Crippen molar-refractivity contribution in [1.82, 2.24) is 15.1 Å². The maximum absolute atomic E-state index is 12.3. The first-order valence-corrected chi connectivity index (χ1v) is 7.42. The minimum atomic E-state index is -0.0954. The molecule has 0 radical (unpaired) electrons. The van der Waals surface area contributed by atoms with Crippen LogP contribution in [0.25, 0.3) is 5.69 Å². The number of nitrogens with zero attached hydrogens (tertiary/aromatic N) is 2. The molecule has 1 amide bonds. The van der Waals surface area contributed by atoms with Crippen LogP contribution in [0.3, 0.4) is 0 Å². The minimum absolute atomic E-state index is 0.0898. The van der Waals surface area contributed by atoms with Gasteiger partial charge in [-0.1, -0.05) is 31.5 Å². The number of carbonyl (C=O) groups excluding carboxylic acids is 1. The summed E-state index contributed by atoms with van der Waals surface area (Å²) in [6.07, 6.45) is 1.62. The minimum Gasteiger partial charge on any atom is -0.350 e. The van der Waals surface area contributed by atoms with Gasteiger partial charge >= 0.3 is 0 Å². The number of hydrogen-bond acceptors (Lipinski definition) is 2. The molecule has 0 bridgehead atoms. The number of carbonyl (C=O) groups is 1. The number of nitrogens with one attached hydrogen (secondary N) is 1. The van der Waals surface area contributed by atoms with Crippen LogP contribution in [0.5, 0.6) is 0 Å². The maximum Gasteiger partial charge on any atom is 0.254 e. The summed E-state index contributed by atoms with van der Waals surface area (Å²) in [5, 5.41) is 7.93. The van der Waals surface area contributed by atoms with Crippen molar-refractivity contribution in [3.63, 3.8) is 0 Å². The summed E-state index contributed by atoms with van der Waals surface area (Å²) < 4.78 is 1.78. The topological polar surface area (TPSA) is 46.9 Å². The molecule has 2 rings (SSSR count). The van der Waals surface area contributed by atoms with E-state index in [4.69, 9.17) is 11.6 Å². The van der Waals surface area contributed by atoms with Crippen molar-refractivity contribution >= 4 is 17.5 Å². The van der Waals surface area contributed by atoms with E-state index in [1.54, 1.807) is 10.9 Å². The van der Waals surface area contributed by atoms with Gasteiger partial charge in [-0.25, -0.2) is 4.68 Å². The Hall–Kier alpha value is -1.81. The molecule has 2 aromatic rings. The first kappa shape index (κ1) is 15.6. The second kappa shape index (κ2) is 6.31. The third-order valence-electron chi connectivity index (χ3n) is 3.07. The van der Waals surface area contributed by atoms with Crippen LogP contribution >= 0.6 is 11.6 Å². The molecule has 0 aliphatic rings. The molecule has 1 heterocycles. The first-order valence-electron chi connectivity index (χ1n) is 7.05. The Labute approximate surface area is 130 Å². The predicted molar refractivity (Wildman–Crippen MR) is 85.3 cm³/mol. The summed E-state index contributed by atoms with van der Waals surface area (Å²) >= 11 is 6.04. The van der Waals surface area contributed by atoms with Crippen LogP contribution in [0.2, 0.25) is 5.02 Å². The summed E-state index contributed by atoms with van der Waals surface area (Å²) in [5.74, 6) is 0.0707. The smallest absolute Gasteiger partial charge is 0.254 e. The fraction of sp³-hybridized carbons (Fsp3) is 0.375. The number of halogens is 1. The van der Waals surface area contributed by atoms with E-state index in [2.05, 4.69) is 10.4 Å². The van der Waals surface area contributed by atoms with Gasteiger partial charge < -0.3 is 5.32 Å². The Bertz CT molecular complexity index is 647. The second-order valence-corrected chi connectivity index (χ2v) is 6.05. The predicted octanol–water partition coefficient (Wildman–Crippen LogP) is 3.79. The van der Waals surface area contributed by atoms with E-state index in [0.29, 0.717) is 10.6 Å². The average molecular weight is 306 g/mol. The second-order valence-electron chi connectivity index (χ2n) is 5.62. The van der Waals surface area contributed by atoms with Crippen LogP contribution in [0, 0.1) is 0 Å². The summed E-state index contributed by atoms with van der Waals surface area (Å²) in [6, 6.07) is 7.54. The molecule has 0 atom stereocenters. The Morgan fingerprint density at radius 2 is 2.00 bits per heavy atom. The SMILES string of the molecule is CC(C)NC(=O)c1cnn(-c2cccc(Cl)c2)c1C(C)C. The molecule has 21 heavy (non-hydrogen) atoms. The lowest BCUT2D eigenvalue weighted by Gasteiger charge is -2.14. The molecule has 1 aromatic heterocycles. The lowest BCUT2D eigenvalue weighted by molar-refractivity contribution is 0.0941. The zero-order valence-electron chi connectivity index (χ0n) is 12.7. The number of aromatic nitrogens is 2. The number of rotatable bonds is 4. The molecule has 1 aromatic carbocycles. The Kier molecular flexibility index (Phi) is 4.68. The van der Waals surface area contributed by atoms with Crippen molar-refractivity contribution in [1.29, 1.82) is 0 Å². The van der Waals surface area contributed by atoms with Gasteiger partial charge in [-0.3, -0.25) is 4.79 Å². The number of benzene rings is 1. The fourth-order valence-electron chi connectivity index (χ4n) is 2.24. The first-order chi connectivity index (χ1) is 9.90. The van der Waals surface area contributed by atoms with E-state index in [1.165, 1.54) is 0 Å². The van der Waals surface area contributed by atoms with Gasteiger partial charge in [0.25, 0.3) is 5.91 Å².